The van der Waals surface area contributed by atoms with E-state index in [1.807, 2.05) is 0 Å². The third kappa shape index (κ3) is 5.68. The fourth-order valence-corrected chi connectivity index (χ4v) is 4.92. The van der Waals surface area contributed by atoms with Crippen molar-refractivity contribution in [1.82, 2.24) is 0 Å². The van der Waals surface area contributed by atoms with E-state index in [0.717, 1.165) is 6.07 Å². The zero-order valence-electron chi connectivity index (χ0n) is 22.5. The normalized spacial score (nSPS) is 33.4. The highest BCUT2D eigenvalue weighted by Crippen LogP contribution is 2.35. The zero-order chi connectivity index (χ0) is 30.3. The Hall–Kier alpha value is -3.31. The van der Waals surface area contributed by atoms with Gasteiger partial charge in [0.2, 0.25) is 6.29 Å². The Morgan fingerprint density at radius 1 is 0.833 bits per heavy atom. The summed E-state index contributed by atoms with van der Waals surface area (Å²) >= 11 is 0. The molecular formula is C28H32O14. The molecule has 1 unspecified atom stereocenters. The number of benzene rings is 2. The Morgan fingerprint density at radius 2 is 1.55 bits per heavy atom. The lowest BCUT2D eigenvalue weighted by Crippen LogP contribution is -2.64. The van der Waals surface area contributed by atoms with E-state index in [1.54, 1.807) is 24.3 Å². The maximum atomic E-state index is 12.9. The van der Waals surface area contributed by atoms with Crippen LogP contribution < -0.4 is 14.9 Å². The molecule has 0 saturated carbocycles. The van der Waals surface area contributed by atoms with E-state index >= 15 is 0 Å². The van der Waals surface area contributed by atoms with Gasteiger partial charge in [-0.25, -0.2) is 0 Å². The van der Waals surface area contributed by atoms with Gasteiger partial charge in [0, 0.05) is 23.8 Å². The van der Waals surface area contributed by atoms with E-state index in [0.29, 0.717) is 11.3 Å². The van der Waals surface area contributed by atoms with Crippen LogP contribution in [0.2, 0.25) is 0 Å². The number of rotatable bonds is 7. The van der Waals surface area contributed by atoms with Crippen LogP contribution in [0.15, 0.2) is 51.7 Å². The number of phenols is 1. The van der Waals surface area contributed by atoms with Crippen LogP contribution in [0.25, 0.3) is 22.3 Å². The summed E-state index contributed by atoms with van der Waals surface area (Å²) in [4.78, 5) is 12.9. The first-order valence-corrected chi connectivity index (χ1v) is 13.1. The number of aliphatic hydroxyl groups is 6. The number of aromatic hydroxyl groups is 1. The van der Waals surface area contributed by atoms with Gasteiger partial charge in [-0.3, -0.25) is 4.79 Å². The van der Waals surface area contributed by atoms with Crippen LogP contribution in [-0.2, 0) is 14.2 Å². The molecule has 0 amide bonds. The number of ether oxygens (including phenoxy) is 5. The molecule has 0 radical (unpaired) electrons. The Balaban J connectivity index is 1.47. The predicted molar refractivity (Wildman–Crippen MR) is 142 cm³/mol. The molecule has 0 bridgehead atoms. The van der Waals surface area contributed by atoms with E-state index < -0.39 is 79.2 Å². The lowest BCUT2D eigenvalue weighted by atomic mass is 9.97. The van der Waals surface area contributed by atoms with E-state index in [-0.39, 0.29) is 22.5 Å². The second-order valence-electron chi connectivity index (χ2n) is 10.1. The topological polar surface area (TPSA) is 218 Å². The molecule has 0 aliphatic carbocycles. The molecule has 2 aliphatic rings. The molecule has 14 heteroatoms. The first-order chi connectivity index (χ1) is 20.0. The summed E-state index contributed by atoms with van der Waals surface area (Å²) in [6.45, 7) is 0.721. The van der Waals surface area contributed by atoms with E-state index in [9.17, 15) is 40.5 Å². The van der Waals surface area contributed by atoms with Gasteiger partial charge in [0.25, 0.3) is 0 Å². The van der Waals surface area contributed by atoms with Gasteiger partial charge >= 0.3 is 0 Å². The molecule has 2 aliphatic heterocycles. The summed E-state index contributed by atoms with van der Waals surface area (Å²) < 4.78 is 33.7. The highest BCUT2D eigenvalue weighted by molar-refractivity contribution is 5.86. The molecule has 228 valence electrons. The molecule has 5 rings (SSSR count). The first kappa shape index (κ1) is 30.2. The molecule has 3 aromatic rings. The standard InChI is InChI=1S/C28H32O14/c1-11-21(32)23(34)25(36)27(38-11)42-26-24(35)22(33)19(10-29)41-28(26)39-14-7-15(30)20-16(31)9-17(40-18(20)8-14)12-3-5-13(37-2)6-4-12/h3-9,11,19,21-30,32-36H,10H2,1-2H3/t11-,19+,21-,22+,23?,24-,25+,26+,27-,28+/m0/s1. The van der Waals surface area contributed by atoms with Crippen LogP contribution in [0.4, 0.5) is 0 Å². The van der Waals surface area contributed by atoms with Gasteiger partial charge in [0.05, 0.1) is 19.8 Å². The molecule has 10 atom stereocenters. The smallest absolute Gasteiger partial charge is 0.229 e. The summed E-state index contributed by atoms with van der Waals surface area (Å²) in [5.74, 6) is 0.197. The van der Waals surface area contributed by atoms with Crippen LogP contribution in [0.5, 0.6) is 17.2 Å². The quantitative estimate of drug-likeness (QED) is 0.179. The minimum atomic E-state index is -1.75. The van der Waals surface area contributed by atoms with Crippen LogP contribution >= 0.6 is 0 Å². The number of hydrogen-bond donors (Lipinski definition) is 7. The van der Waals surface area contributed by atoms with Crippen molar-refractivity contribution in [1.29, 1.82) is 0 Å². The van der Waals surface area contributed by atoms with Crippen LogP contribution in [0.1, 0.15) is 6.92 Å². The molecule has 7 N–H and O–H groups in total. The molecule has 3 heterocycles. The Labute approximate surface area is 238 Å². The maximum absolute atomic E-state index is 12.9. The van der Waals surface area contributed by atoms with Crippen molar-refractivity contribution in [3.63, 3.8) is 0 Å². The van der Waals surface area contributed by atoms with Gasteiger partial charge in [-0.05, 0) is 31.2 Å². The molecule has 1 aromatic heterocycles. The maximum Gasteiger partial charge on any atom is 0.229 e. The lowest BCUT2D eigenvalue weighted by Gasteiger charge is -2.45. The minimum absolute atomic E-state index is 0.0483. The third-order valence-electron chi connectivity index (χ3n) is 7.33. The monoisotopic (exact) mass is 592 g/mol. The van der Waals surface area contributed by atoms with E-state index in [1.165, 1.54) is 26.2 Å². The molecule has 0 spiro atoms. The van der Waals surface area contributed by atoms with Gasteiger partial charge in [-0.1, -0.05) is 0 Å². The van der Waals surface area contributed by atoms with Crippen molar-refractivity contribution in [2.45, 2.75) is 68.3 Å². The number of aliphatic hydroxyl groups excluding tert-OH is 6. The van der Waals surface area contributed by atoms with Crippen molar-refractivity contribution in [3.05, 3.63) is 52.7 Å². The Bertz CT molecular complexity index is 1440. The number of hydrogen-bond acceptors (Lipinski definition) is 14. The van der Waals surface area contributed by atoms with E-state index in [2.05, 4.69) is 0 Å². The molecule has 2 saturated heterocycles. The minimum Gasteiger partial charge on any atom is -0.507 e. The number of methoxy groups -OCH3 is 1. The van der Waals surface area contributed by atoms with Crippen molar-refractivity contribution in [2.75, 3.05) is 13.7 Å². The van der Waals surface area contributed by atoms with Crippen LogP contribution in [0, 0.1) is 0 Å². The number of phenolic OH excluding ortho intramolecular Hbond substituents is 1. The van der Waals surface area contributed by atoms with Gasteiger partial charge in [-0.2, -0.15) is 0 Å². The highest BCUT2D eigenvalue weighted by atomic mass is 16.8. The Morgan fingerprint density at radius 3 is 2.21 bits per heavy atom. The molecule has 2 fully saturated rings. The van der Waals surface area contributed by atoms with Gasteiger partial charge in [0.15, 0.2) is 17.8 Å². The summed E-state index contributed by atoms with van der Waals surface area (Å²) in [6.07, 6.45) is -15.2. The largest absolute Gasteiger partial charge is 0.507 e. The lowest BCUT2D eigenvalue weighted by molar-refractivity contribution is -0.354. The average molecular weight is 593 g/mol. The fraction of sp³-hybridized carbons (Fsp3) is 0.464. The van der Waals surface area contributed by atoms with Crippen molar-refractivity contribution >= 4 is 11.0 Å². The molecule has 14 nitrogen and oxygen atoms in total. The Kier molecular flexibility index (Phi) is 8.71. The van der Waals surface area contributed by atoms with Crippen molar-refractivity contribution in [2.24, 2.45) is 0 Å². The first-order valence-electron chi connectivity index (χ1n) is 13.1. The fourth-order valence-electron chi connectivity index (χ4n) is 4.92. The second-order valence-corrected chi connectivity index (χ2v) is 10.1. The van der Waals surface area contributed by atoms with Crippen molar-refractivity contribution in [3.8, 4) is 28.6 Å². The molecule has 2 aromatic carbocycles. The van der Waals surface area contributed by atoms with E-state index in [4.69, 9.17) is 28.1 Å². The summed E-state index contributed by atoms with van der Waals surface area (Å²) in [5, 5.41) is 72.1. The number of fused-ring (bicyclic) bond motifs is 1. The SMILES string of the molecule is COc1ccc(-c2cc(=O)c3c(O)cc(O[C@@H]4O[C@H](CO)[C@@H](O)[C@H](O)[C@H]4O[C@@H]4O[C@@H](C)[C@H](O)C(O)[C@H]4O)cc3o2)cc1. The highest BCUT2D eigenvalue weighted by Gasteiger charge is 2.50. The second kappa shape index (κ2) is 12.1. The average Bonchev–Trinajstić information content (AvgIpc) is 2.97. The summed E-state index contributed by atoms with van der Waals surface area (Å²) in [5.41, 5.74) is -0.0218. The third-order valence-corrected chi connectivity index (χ3v) is 7.33. The molecule has 42 heavy (non-hydrogen) atoms. The predicted octanol–water partition coefficient (Wildman–Crippen LogP) is -0.795. The van der Waals surface area contributed by atoms with Crippen LogP contribution in [-0.4, -0.2) is 111 Å². The van der Waals surface area contributed by atoms with Crippen LogP contribution in [0.3, 0.4) is 0 Å². The zero-order valence-corrected chi connectivity index (χ0v) is 22.5. The summed E-state index contributed by atoms with van der Waals surface area (Å²) in [6, 6.07) is 10.4. The molecular weight excluding hydrogens is 560 g/mol. The van der Waals surface area contributed by atoms with Gasteiger partial charge in [0.1, 0.15) is 70.6 Å². The van der Waals surface area contributed by atoms with Crippen molar-refractivity contribution < 1.29 is 63.8 Å². The van der Waals surface area contributed by atoms with Gasteiger partial charge < -0.3 is 63.8 Å². The summed E-state index contributed by atoms with van der Waals surface area (Å²) in [7, 11) is 1.52. The van der Waals surface area contributed by atoms with Gasteiger partial charge in [-0.15, -0.1) is 0 Å².